The highest BCUT2D eigenvalue weighted by Crippen LogP contribution is 2.15. The number of benzene rings is 1. The van der Waals surface area contributed by atoms with E-state index in [0.717, 1.165) is 16.1 Å². The van der Waals surface area contributed by atoms with E-state index in [1.54, 1.807) is 12.4 Å². The number of pyridine rings is 1. The van der Waals surface area contributed by atoms with Gasteiger partial charge in [-0.15, -0.1) is 11.8 Å². The quantitative estimate of drug-likeness (QED) is 0.766. The molecule has 0 radical (unpaired) electrons. The Kier molecular flexibility index (Phi) is 6.62. The van der Waals surface area contributed by atoms with Gasteiger partial charge in [-0.2, -0.15) is 0 Å². The summed E-state index contributed by atoms with van der Waals surface area (Å²) in [6.45, 7) is 2.27. The van der Waals surface area contributed by atoms with E-state index in [4.69, 9.17) is 0 Å². The molecule has 0 aliphatic carbocycles. The van der Waals surface area contributed by atoms with E-state index in [-0.39, 0.29) is 18.2 Å². The lowest BCUT2D eigenvalue weighted by molar-refractivity contribution is -0.119. The molecular weight excluding hydrogens is 310 g/mol. The number of aryl methyl sites for hydroxylation is 1. The summed E-state index contributed by atoms with van der Waals surface area (Å²) in [6, 6.07) is 11.3. The molecule has 0 bridgehead atoms. The number of nitrogens with one attached hydrogen (secondary N) is 2. The molecule has 1 aromatic carbocycles. The van der Waals surface area contributed by atoms with Crippen LogP contribution in [0.25, 0.3) is 0 Å². The number of hydrogen-bond donors (Lipinski definition) is 2. The van der Waals surface area contributed by atoms with Crippen molar-refractivity contribution in [1.82, 2.24) is 10.3 Å². The minimum Gasteiger partial charge on any atom is -0.355 e. The van der Waals surface area contributed by atoms with Gasteiger partial charge in [0.05, 0.1) is 5.75 Å². The van der Waals surface area contributed by atoms with E-state index >= 15 is 0 Å². The lowest BCUT2D eigenvalue weighted by Gasteiger charge is -2.08. The maximum atomic E-state index is 11.9. The smallest absolute Gasteiger partial charge is 0.230 e. The van der Waals surface area contributed by atoms with Gasteiger partial charge in [0.1, 0.15) is 0 Å². The molecule has 1 heterocycles. The standard InChI is InChI=1S/C17H19N3O2S/c1-13-4-2-3-5-15(13)20-16(21)8-11-19-17(22)12-23-14-6-9-18-10-7-14/h2-7,9-10H,8,11-12H2,1H3,(H,19,22)(H,20,21). The van der Waals surface area contributed by atoms with Gasteiger partial charge in [-0.25, -0.2) is 0 Å². The summed E-state index contributed by atoms with van der Waals surface area (Å²) < 4.78 is 0. The van der Waals surface area contributed by atoms with Crippen LogP contribution in [0.4, 0.5) is 5.69 Å². The molecule has 2 N–H and O–H groups in total. The Balaban J connectivity index is 1.65. The van der Waals surface area contributed by atoms with Crippen molar-refractivity contribution in [2.45, 2.75) is 18.2 Å². The third-order valence-electron chi connectivity index (χ3n) is 3.11. The molecule has 0 saturated carbocycles. The van der Waals surface area contributed by atoms with Crippen molar-refractivity contribution in [3.05, 3.63) is 54.4 Å². The van der Waals surface area contributed by atoms with Crippen LogP contribution in [0.5, 0.6) is 0 Å². The highest BCUT2D eigenvalue weighted by atomic mass is 32.2. The van der Waals surface area contributed by atoms with Crippen LogP contribution in [0.1, 0.15) is 12.0 Å². The number of carbonyl (C=O) groups excluding carboxylic acids is 2. The molecule has 0 unspecified atom stereocenters. The highest BCUT2D eigenvalue weighted by molar-refractivity contribution is 8.00. The summed E-state index contributed by atoms with van der Waals surface area (Å²) in [5.74, 6) is 0.126. The second-order valence-electron chi connectivity index (χ2n) is 4.93. The topological polar surface area (TPSA) is 71.1 Å². The van der Waals surface area contributed by atoms with Gasteiger partial charge in [0.25, 0.3) is 0 Å². The lowest BCUT2D eigenvalue weighted by Crippen LogP contribution is -2.29. The predicted octanol–water partition coefficient (Wildman–Crippen LogP) is 2.63. The van der Waals surface area contributed by atoms with Gasteiger partial charge in [-0.05, 0) is 30.7 Å². The molecular formula is C17H19N3O2S. The van der Waals surface area contributed by atoms with Crippen molar-refractivity contribution < 1.29 is 9.59 Å². The maximum Gasteiger partial charge on any atom is 0.230 e. The first-order valence-corrected chi connectivity index (χ1v) is 8.29. The number of carbonyl (C=O) groups is 2. The number of rotatable bonds is 7. The fourth-order valence-corrected chi connectivity index (χ4v) is 2.59. The molecule has 0 spiro atoms. The number of aromatic nitrogens is 1. The molecule has 0 atom stereocenters. The van der Waals surface area contributed by atoms with E-state index in [1.165, 1.54) is 11.8 Å². The molecule has 2 amide bonds. The predicted molar refractivity (Wildman–Crippen MR) is 92.4 cm³/mol. The highest BCUT2D eigenvalue weighted by Gasteiger charge is 2.06. The van der Waals surface area contributed by atoms with Crippen LogP contribution in [0.15, 0.2) is 53.7 Å². The zero-order valence-electron chi connectivity index (χ0n) is 12.9. The normalized spacial score (nSPS) is 10.1. The summed E-state index contributed by atoms with van der Waals surface area (Å²) in [7, 11) is 0. The van der Waals surface area contributed by atoms with E-state index < -0.39 is 0 Å². The van der Waals surface area contributed by atoms with Crippen LogP contribution >= 0.6 is 11.8 Å². The first-order chi connectivity index (χ1) is 11.1. The summed E-state index contributed by atoms with van der Waals surface area (Å²) in [5, 5.41) is 5.59. The molecule has 0 saturated heterocycles. The van der Waals surface area contributed by atoms with E-state index in [9.17, 15) is 9.59 Å². The fourth-order valence-electron chi connectivity index (χ4n) is 1.88. The Morgan fingerprint density at radius 1 is 1.09 bits per heavy atom. The van der Waals surface area contributed by atoms with E-state index in [0.29, 0.717) is 12.3 Å². The zero-order valence-corrected chi connectivity index (χ0v) is 13.7. The first kappa shape index (κ1) is 17.0. The van der Waals surface area contributed by atoms with E-state index in [1.807, 2.05) is 43.3 Å². The maximum absolute atomic E-state index is 11.9. The van der Waals surface area contributed by atoms with Crippen LogP contribution in [0.2, 0.25) is 0 Å². The van der Waals surface area contributed by atoms with Crippen molar-refractivity contribution >= 4 is 29.3 Å². The third-order valence-corrected chi connectivity index (χ3v) is 4.13. The summed E-state index contributed by atoms with van der Waals surface area (Å²) in [6.07, 6.45) is 3.63. The lowest BCUT2D eigenvalue weighted by atomic mass is 10.2. The van der Waals surface area contributed by atoms with Gasteiger partial charge >= 0.3 is 0 Å². The zero-order chi connectivity index (χ0) is 16.5. The molecule has 6 heteroatoms. The van der Waals surface area contributed by atoms with Crippen molar-refractivity contribution in [1.29, 1.82) is 0 Å². The number of anilines is 1. The molecule has 23 heavy (non-hydrogen) atoms. The van der Waals surface area contributed by atoms with Crippen molar-refractivity contribution in [3.63, 3.8) is 0 Å². The van der Waals surface area contributed by atoms with Gasteiger partial charge in [0.15, 0.2) is 0 Å². The summed E-state index contributed by atoms with van der Waals surface area (Å²) >= 11 is 1.44. The van der Waals surface area contributed by atoms with Crippen molar-refractivity contribution in [2.24, 2.45) is 0 Å². The average Bonchev–Trinajstić information content (AvgIpc) is 2.56. The number of thioether (sulfide) groups is 1. The first-order valence-electron chi connectivity index (χ1n) is 7.30. The largest absolute Gasteiger partial charge is 0.355 e. The summed E-state index contributed by atoms with van der Waals surface area (Å²) in [5.41, 5.74) is 1.82. The molecule has 0 aliphatic heterocycles. The van der Waals surface area contributed by atoms with Gasteiger partial charge in [-0.3, -0.25) is 14.6 Å². The van der Waals surface area contributed by atoms with Crippen LogP contribution in [-0.2, 0) is 9.59 Å². The molecule has 120 valence electrons. The second kappa shape index (κ2) is 8.95. The monoisotopic (exact) mass is 329 g/mol. The van der Waals surface area contributed by atoms with Gasteiger partial charge in [0, 0.05) is 35.9 Å². The van der Waals surface area contributed by atoms with Gasteiger partial charge in [0.2, 0.25) is 11.8 Å². The van der Waals surface area contributed by atoms with Crippen molar-refractivity contribution in [3.8, 4) is 0 Å². The minimum absolute atomic E-state index is 0.0875. The fraction of sp³-hybridized carbons (Fsp3) is 0.235. The third kappa shape index (κ3) is 6.12. The molecule has 0 aliphatic rings. The second-order valence-corrected chi connectivity index (χ2v) is 5.98. The van der Waals surface area contributed by atoms with Crippen LogP contribution in [0.3, 0.4) is 0 Å². The number of amides is 2. The SMILES string of the molecule is Cc1ccccc1NC(=O)CCNC(=O)CSc1ccncc1. The van der Waals surface area contributed by atoms with E-state index in [2.05, 4.69) is 15.6 Å². The molecule has 5 nitrogen and oxygen atoms in total. The molecule has 0 fully saturated rings. The Morgan fingerprint density at radius 3 is 2.57 bits per heavy atom. The van der Waals surface area contributed by atoms with Gasteiger partial charge in [-0.1, -0.05) is 18.2 Å². The molecule has 2 rings (SSSR count). The Hall–Kier alpha value is -2.34. The number of nitrogens with zero attached hydrogens (tertiary/aromatic N) is 1. The average molecular weight is 329 g/mol. The Labute approximate surface area is 139 Å². The van der Waals surface area contributed by atoms with Crippen LogP contribution in [-0.4, -0.2) is 29.1 Å². The van der Waals surface area contributed by atoms with Crippen LogP contribution < -0.4 is 10.6 Å². The molecule has 1 aromatic heterocycles. The summed E-state index contributed by atoms with van der Waals surface area (Å²) in [4.78, 5) is 28.5. The Morgan fingerprint density at radius 2 is 1.83 bits per heavy atom. The van der Waals surface area contributed by atoms with Gasteiger partial charge < -0.3 is 10.6 Å². The van der Waals surface area contributed by atoms with Crippen molar-refractivity contribution in [2.75, 3.05) is 17.6 Å². The Bertz CT molecular complexity index is 662. The number of hydrogen-bond acceptors (Lipinski definition) is 4. The number of para-hydroxylation sites is 1. The van der Waals surface area contributed by atoms with Crippen LogP contribution in [0, 0.1) is 6.92 Å². The minimum atomic E-state index is -0.110. The molecule has 2 aromatic rings.